The van der Waals surface area contributed by atoms with Crippen LogP contribution in [0.3, 0.4) is 0 Å². The minimum Gasteiger partial charge on any atom is -0.493 e. The Bertz CT molecular complexity index is 790. The molecule has 1 aliphatic rings. The van der Waals surface area contributed by atoms with Crippen molar-refractivity contribution in [3.63, 3.8) is 0 Å². The molecule has 0 fully saturated rings. The van der Waals surface area contributed by atoms with Crippen LogP contribution in [0.1, 0.15) is 50.2 Å². The number of hydrogen-bond acceptors (Lipinski definition) is 5. The van der Waals surface area contributed by atoms with Crippen LogP contribution in [0.4, 0.5) is 0 Å². The molecule has 158 valence electrons. The van der Waals surface area contributed by atoms with E-state index in [2.05, 4.69) is 37.4 Å². The SMILES string of the molecule is COc1ccc(CNCCC(CCC(C)C)c2ccc3c(c2)OCO3)cc1OC. The van der Waals surface area contributed by atoms with E-state index in [4.69, 9.17) is 18.9 Å². The average molecular weight is 400 g/mol. The summed E-state index contributed by atoms with van der Waals surface area (Å²) < 4.78 is 21.7. The molecular weight excluding hydrogens is 366 g/mol. The molecule has 0 aliphatic carbocycles. The third-order valence-corrected chi connectivity index (χ3v) is 5.41. The van der Waals surface area contributed by atoms with Crippen LogP contribution in [0, 0.1) is 5.92 Å². The van der Waals surface area contributed by atoms with Crippen LogP contribution < -0.4 is 24.3 Å². The van der Waals surface area contributed by atoms with Gasteiger partial charge in [-0.3, -0.25) is 0 Å². The quantitative estimate of drug-likeness (QED) is 0.531. The Kier molecular flexibility index (Phi) is 7.64. The van der Waals surface area contributed by atoms with E-state index in [1.54, 1.807) is 14.2 Å². The monoisotopic (exact) mass is 399 g/mol. The highest BCUT2D eigenvalue weighted by Crippen LogP contribution is 2.37. The molecule has 5 heteroatoms. The van der Waals surface area contributed by atoms with Crippen LogP contribution >= 0.6 is 0 Å². The maximum Gasteiger partial charge on any atom is 0.231 e. The largest absolute Gasteiger partial charge is 0.493 e. The Balaban J connectivity index is 1.57. The van der Waals surface area contributed by atoms with Crippen molar-refractivity contribution in [1.82, 2.24) is 5.32 Å². The van der Waals surface area contributed by atoms with Crippen molar-refractivity contribution in [1.29, 1.82) is 0 Å². The molecule has 2 aromatic carbocycles. The molecule has 1 atom stereocenters. The van der Waals surface area contributed by atoms with E-state index in [0.29, 0.717) is 18.6 Å². The summed E-state index contributed by atoms with van der Waals surface area (Å²) in [6.45, 7) is 6.64. The summed E-state index contributed by atoms with van der Waals surface area (Å²) in [6.07, 6.45) is 3.48. The molecule has 0 aromatic heterocycles. The van der Waals surface area contributed by atoms with Gasteiger partial charge in [0.25, 0.3) is 0 Å². The fourth-order valence-corrected chi connectivity index (χ4v) is 3.68. The summed E-state index contributed by atoms with van der Waals surface area (Å²) in [5, 5.41) is 3.58. The molecule has 0 saturated heterocycles. The first-order valence-electron chi connectivity index (χ1n) is 10.4. The zero-order chi connectivity index (χ0) is 20.6. The summed E-state index contributed by atoms with van der Waals surface area (Å²) in [4.78, 5) is 0. The lowest BCUT2D eigenvalue weighted by atomic mass is 9.88. The first-order chi connectivity index (χ1) is 14.1. The van der Waals surface area contributed by atoms with Gasteiger partial charge in [-0.1, -0.05) is 32.4 Å². The van der Waals surface area contributed by atoms with Crippen molar-refractivity contribution >= 4 is 0 Å². The van der Waals surface area contributed by atoms with E-state index < -0.39 is 0 Å². The first kappa shape index (κ1) is 21.3. The Morgan fingerprint density at radius 1 is 0.897 bits per heavy atom. The Morgan fingerprint density at radius 2 is 1.69 bits per heavy atom. The third-order valence-electron chi connectivity index (χ3n) is 5.41. The summed E-state index contributed by atoms with van der Waals surface area (Å²) in [7, 11) is 3.32. The molecule has 3 rings (SSSR count). The molecule has 5 nitrogen and oxygen atoms in total. The number of hydrogen-bond donors (Lipinski definition) is 1. The molecule has 1 unspecified atom stereocenters. The van der Waals surface area contributed by atoms with Crippen LogP contribution in [0.2, 0.25) is 0 Å². The van der Waals surface area contributed by atoms with Gasteiger partial charge in [-0.05, 0) is 66.6 Å². The Hall–Kier alpha value is -2.40. The van der Waals surface area contributed by atoms with E-state index in [0.717, 1.165) is 42.5 Å². The van der Waals surface area contributed by atoms with Gasteiger partial charge in [0.1, 0.15) is 0 Å². The average Bonchev–Trinajstić information content (AvgIpc) is 3.20. The van der Waals surface area contributed by atoms with Gasteiger partial charge in [0.2, 0.25) is 6.79 Å². The predicted molar refractivity (Wildman–Crippen MR) is 115 cm³/mol. The van der Waals surface area contributed by atoms with Crippen LogP contribution in [0.25, 0.3) is 0 Å². The highest BCUT2D eigenvalue weighted by molar-refractivity contribution is 5.45. The van der Waals surface area contributed by atoms with Crippen LogP contribution in [0.5, 0.6) is 23.0 Å². The van der Waals surface area contributed by atoms with Gasteiger partial charge >= 0.3 is 0 Å². The maximum atomic E-state index is 5.58. The fourth-order valence-electron chi connectivity index (χ4n) is 3.68. The van der Waals surface area contributed by atoms with Crippen molar-refractivity contribution < 1.29 is 18.9 Å². The number of ether oxygens (including phenoxy) is 4. The Morgan fingerprint density at radius 3 is 2.45 bits per heavy atom. The molecule has 29 heavy (non-hydrogen) atoms. The molecule has 0 amide bonds. The number of fused-ring (bicyclic) bond motifs is 1. The van der Waals surface area contributed by atoms with Gasteiger partial charge < -0.3 is 24.3 Å². The van der Waals surface area contributed by atoms with Gasteiger partial charge in [0, 0.05) is 6.54 Å². The van der Waals surface area contributed by atoms with E-state index in [9.17, 15) is 0 Å². The number of methoxy groups -OCH3 is 2. The van der Waals surface area contributed by atoms with E-state index in [1.165, 1.54) is 24.0 Å². The van der Waals surface area contributed by atoms with Crippen LogP contribution in [-0.4, -0.2) is 27.6 Å². The number of benzene rings is 2. The summed E-state index contributed by atoms with van der Waals surface area (Å²) >= 11 is 0. The van der Waals surface area contributed by atoms with Crippen molar-refractivity contribution in [2.24, 2.45) is 5.92 Å². The van der Waals surface area contributed by atoms with Gasteiger partial charge in [-0.15, -0.1) is 0 Å². The molecule has 0 spiro atoms. The minimum atomic E-state index is 0.322. The lowest BCUT2D eigenvalue weighted by molar-refractivity contribution is 0.174. The second-order valence-electron chi connectivity index (χ2n) is 7.94. The topological polar surface area (TPSA) is 49.0 Å². The van der Waals surface area contributed by atoms with Gasteiger partial charge in [-0.25, -0.2) is 0 Å². The van der Waals surface area contributed by atoms with Crippen molar-refractivity contribution in [2.75, 3.05) is 27.6 Å². The van der Waals surface area contributed by atoms with Crippen LogP contribution in [0.15, 0.2) is 36.4 Å². The highest BCUT2D eigenvalue weighted by Gasteiger charge is 2.18. The molecule has 0 saturated carbocycles. The molecule has 0 radical (unpaired) electrons. The van der Waals surface area contributed by atoms with Crippen molar-refractivity contribution in [2.45, 2.75) is 45.6 Å². The zero-order valence-electron chi connectivity index (χ0n) is 18.0. The summed E-state index contributed by atoms with van der Waals surface area (Å²) in [6, 6.07) is 12.4. The summed E-state index contributed by atoms with van der Waals surface area (Å²) in [5.74, 6) is 4.45. The molecular formula is C24H33NO4. The predicted octanol–water partition coefficient (Wildman–Crippen LogP) is 5.13. The van der Waals surface area contributed by atoms with Gasteiger partial charge in [-0.2, -0.15) is 0 Å². The molecule has 1 heterocycles. The van der Waals surface area contributed by atoms with Gasteiger partial charge in [0.05, 0.1) is 14.2 Å². The molecule has 2 aromatic rings. The van der Waals surface area contributed by atoms with E-state index >= 15 is 0 Å². The van der Waals surface area contributed by atoms with Crippen molar-refractivity contribution in [3.8, 4) is 23.0 Å². The molecule has 1 aliphatic heterocycles. The smallest absolute Gasteiger partial charge is 0.231 e. The van der Waals surface area contributed by atoms with Crippen molar-refractivity contribution in [3.05, 3.63) is 47.5 Å². The summed E-state index contributed by atoms with van der Waals surface area (Å²) in [5.41, 5.74) is 2.52. The number of nitrogens with one attached hydrogen (secondary N) is 1. The second-order valence-corrected chi connectivity index (χ2v) is 7.94. The molecule has 1 N–H and O–H groups in total. The minimum absolute atomic E-state index is 0.322. The zero-order valence-corrected chi connectivity index (χ0v) is 18.0. The lowest BCUT2D eigenvalue weighted by Crippen LogP contribution is -2.17. The third kappa shape index (κ3) is 5.80. The van der Waals surface area contributed by atoms with Crippen LogP contribution in [-0.2, 0) is 6.54 Å². The van der Waals surface area contributed by atoms with E-state index in [-0.39, 0.29) is 0 Å². The highest BCUT2D eigenvalue weighted by atomic mass is 16.7. The Labute approximate surface area is 174 Å². The molecule has 0 bridgehead atoms. The maximum absolute atomic E-state index is 5.58. The van der Waals surface area contributed by atoms with E-state index in [1.807, 2.05) is 18.2 Å². The first-order valence-corrected chi connectivity index (χ1v) is 10.4. The standard InChI is InChI=1S/C24H33NO4/c1-17(2)5-7-19(20-8-10-22-24(14-20)29-16-28-22)11-12-25-15-18-6-9-21(26-3)23(13-18)27-4/h6,8-10,13-14,17,19,25H,5,7,11-12,15-16H2,1-4H3. The van der Waals surface area contributed by atoms with Gasteiger partial charge in [0.15, 0.2) is 23.0 Å². The fraction of sp³-hybridized carbons (Fsp3) is 0.500. The normalized spacial score (nSPS) is 13.6. The lowest BCUT2D eigenvalue weighted by Gasteiger charge is -2.19. The second kappa shape index (κ2) is 10.4. The number of rotatable bonds is 11.